The van der Waals surface area contributed by atoms with Crippen molar-refractivity contribution in [3.63, 3.8) is 0 Å². The van der Waals surface area contributed by atoms with E-state index in [2.05, 4.69) is 9.38 Å². The lowest BCUT2D eigenvalue weighted by molar-refractivity contribution is 0.561. The molecule has 0 aliphatic heterocycles. The minimum atomic E-state index is -1.27. The van der Waals surface area contributed by atoms with Crippen LogP contribution in [0.3, 0.4) is 0 Å². The average Bonchev–Trinajstić information content (AvgIpc) is 2.66. The summed E-state index contributed by atoms with van der Waals surface area (Å²) in [6, 6.07) is 5.42. The first-order chi connectivity index (χ1) is 7.97. The Hall–Kier alpha value is -1.33. The predicted molar refractivity (Wildman–Crippen MR) is 69.5 cm³/mol. The Bertz CT molecular complexity index is 510. The molecule has 90 valence electrons. The molecule has 4 nitrogen and oxygen atoms in total. The molecule has 0 aliphatic rings. The summed E-state index contributed by atoms with van der Waals surface area (Å²) in [6.07, 6.45) is 3.19. The highest BCUT2D eigenvalue weighted by Gasteiger charge is 2.25. The third-order valence-electron chi connectivity index (χ3n) is 2.11. The smallest absolute Gasteiger partial charge is 0.153 e. The monoisotopic (exact) mass is 250 g/mol. The van der Waals surface area contributed by atoms with Gasteiger partial charge in [-0.2, -0.15) is 0 Å². The molecule has 5 heteroatoms. The highest BCUT2D eigenvalue weighted by Crippen LogP contribution is 2.18. The Balaban J connectivity index is 2.21. The summed E-state index contributed by atoms with van der Waals surface area (Å²) < 4.78 is 20.8. The van der Waals surface area contributed by atoms with Gasteiger partial charge in [-0.05, 0) is 32.9 Å². The van der Waals surface area contributed by atoms with E-state index in [-0.39, 0.29) is 4.75 Å². The quantitative estimate of drug-likeness (QED) is 0.608. The number of fused-ring (bicyclic) bond motifs is 1. The summed E-state index contributed by atoms with van der Waals surface area (Å²) in [5.41, 5.74) is 1.48. The van der Waals surface area contributed by atoms with E-state index in [1.807, 2.05) is 26.8 Å². The van der Waals surface area contributed by atoms with E-state index in [1.165, 1.54) is 6.21 Å². The van der Waals surface area contributed by atoms with Crippen LogP contribution in [-0.4, -0.2) is 20.5 Å². The van der Waals surface area contributed by atoms with Crippen LogP contribution in [0.2, 0.25) is 0 Å². The van der Waals surface area contributed by atoms with Gasteiger partial charge in [-0.1, -0.05) is 4.40 Å². The lowest BCUT2D eigenvalue weighted by Gasteiger charge is -2.17. The van der Waals surface area contributed by atoms with Gasteiger partial charge in [0.15, 0.2) is 11.3 Å². The fourth-order valence-corrected chi connectivity index (χ4v) is 1.73. The predicted octanol–water partition coefficient (Wildman–Crippen LogP) is 2.71. The maximum absolute atomic E-state index is 11.7. The summed E-state index contributed by atoms with van der Waals surface area (Å²) in [5, 5.41) is 0. The molecule has 1 atom stereocenters. The van der Waals surface area contributed by atoms with Gasteiger partial charge in [-0.15, -0.1) is 0 Å². The van der Waals surface area contributed by atoms with E-state index in [0.717, 1.165) is 5.52 Å². The highest BCUT2D eigenvalue weighted by atomic mass is 32.2. The van der Waals surface area contributed by atoms with Gasteiger partial charge in [0.05, 0.1) is 0 Å². The molecule has 0 aliphatic carbocycles. The topological polar surface area (TPSA) is 61.5 Å². The fourth-order valence-electron chi connectivity index (χ4n) is 1.21. The second kappa shape index (κ2) is 4.50. The first-order valence-electron chi connectivity index (χ1n) is 5.27. The molecule has 0 aromatic carbocycles. The zero-order chi connectivity index (χ0) is 12.5. The average molecular weight is 250 g/mol. The molecule has 2 aromatic rings. The summed E-state index contributed by atoms with van der Waals surface area (Å²) >= 11 is -1.27. The van der Waals surface area contributed by atoms with Gasteiger partial charge >= 0.3 is 0 Å². The van der Waals surface area contributed by atoms with E-state index in [9.17, 15) is 4.55 Å². The van der Waals surface area contributed by atoms with Crippen molar-refractivity contribution < 1.29 is 8.97 Å². The molecule has 0 amide bonds. The number of hydrogen-bond acceptors (Lipinski definition) is 4. The van der Waals surface area contributed by atoms with E-state index < -0.39 is 11.4 Å². The molecule has 0 N–H and O–H groups in total. The normalized spacial score (nSPS) is 14.6. The van der Waals surface area contributed by atoms with Gasteiger partial charge in [-0.3, -0.25) is 4.98 Å². The Labute approximate surface area is 103 Å². The second-order valence-corrected chi connectivity index (χ2v) is 6.57. The van der Waals surface area contributed by atoms with E-state index in [4.69, 9.17) is 4.42 Å². The summed E-state index contributed by atoms with van der Waals surface area (Å²) in [6.45, 7) is 5.63. The molecule has 0 spiro atoms. The number of aromatic nitrogens is 1. The molecule has 2 heterocycles. The Kier molecular flexibility index (Phi) is 3.22. The molecular weight excluding hydrogens is 236 g/mol. The number of rotatable bonds is 2. The first kappa shape index (κ1) is 12.1. The second-order valence-electron chi connectivity index (χ2n) is 4.63. The van der Waals surface area contributed by atoms with Crippen molar-refractivity contribution in [1.29, 1.82) is 0 Å². The van der Waals surface area contributed by atoms with Gasteiger partial charge in [0.25, 0.3) is 0 Å². The minimum absolute atomic E-state index is 0.360. The van der Waals surface area contributed by atoms with E-state index in [0.29, 0.717) is 11.3 Å². The van der Waals surface area contributed by atoms with Crippen molar-refractivity contribution in [2.45, 2.75) is 25.5 Å². The Morgan fingerprint density at radius 3 is 2.88 bits per heavy atom. The van der Waals surface area contributed by atoms with Crippen LogP contribution < -0.4 is 0 Å². The molecule has 17 heavy (non-hydrogen) atoms. The third-order valence-corrected chi connectivity index (χ3v) is 3.45. The molecule has 1 unspecified atom stereocenters. The van der Waals surface area contributed by atoms with Crippen molar-refractivity contribution in [3.05, 3.63) is 30.2 Å². The number of pyridine rings is 1. The summed E-state index contributed by atoms with van der Waals surface area (Å²) in [7, 11) is 0. The highest BCUT2D eigenvalue weighted by molar-refractivity contribution is 7.91. The van der Waals surface area contributed by atoms with Crippen LogP contribution in [0.25, 0.3) is 11.1 Å². The SMILES string of the molecule is CC(C)(C)[S+]([O-])/N=C/c1cc2ncccc2o1. The van der Waals surface area contributed by atoms with E-state index in [1.54, 1.807) is 18.3 Å². The van der Waals surface area contributed by atoms with Gasteiger partial charge in [0.2, 0.25) is 0 Å². The van der Waals surface area contributed by atoms with Crippen LogP contribution in [0.15, 0.2) is 33.2 Å². The van der Waals surface area contributed by atoms with Gasteiger partial charge in [-0.25, -0.2) is 0 Å². The maximum atomic E-state index is 11.7. The Morgan fingerprint density at radius 1 is 1.47 bits per heavy atom. The molecule has 0 radical (unpaired) electrons. The maximum Gasteiger partial charge on any atom is 0.153 e. The number of furan rings is 1. The zero-order valence-corrected chi connectivity index (χ0v) is 10.8. The molecule has 2 aromatic heterocycles. The first-order valence-corrected chi connectivity index (χ1v) is 6.38. The largest absolute Gasteiger partial charge is 0.591 e. The van der Waals surface area contributed by atoms with Crippen LogP contribution in [-0.2, 0) is 11.4 Å². The lowest BCUT2D eigenvalue weighted by Crippen LogP contribution is -2.25. The molecule has 0 bridgehead atoms. The van der Waals surface area contributed by atoms with Crippen LogP contribution in [0.1, 0.15) is 26.5 Å². The number of nitrogens with zero attached hydrogens (tertiary/aromatic N) is 2. The van der Waals surface area contributed by atoms with Gasteiger partial charge < -0.3 is 8.97 Å². The van der Waals surface area contributed by atoms with Gasteiger partial charge in [0.1, 0.15) is 27.8 Å². The van der Waals surface area contributed by atoms with Crippen LogP contribution in [0, 0.1) is 0 Å². The number of hydrogen-bond donors (Lipinski definition) is 0. The van der Waals surface area contributed by atoms with Crippen molar-refractivity contribution >= 4 is 28.7 Å². The van der Waals surface area contributed by atoms with E-state index >= 15 is 0 Å². The molecule has 0 saturated carbocycles. The standard InChI is InChI=1S/C12H14N2O2S/c1-12(2,3)17(15)14-8-9-7-10-11(16-9)5-4-6-13-10/h4-8H,1-3H3/b14-8+. The summed E-state index contributed by atoms with van der Waals surface area (Å²) in [5.74, 6) is 0.566. The van der Waals surface area contributed by atoms with Crippen LogP contribution in [0.4, 0.5) is 0 Å². The van der Waals surface area contributed by atoms with Crippen molar-refractivity contribution in [2.75, 3.05) is 0 Å². The van der Waals surface area contributed by atoms with Crippen LogP contribution >= 0.6 is 0 Å². The molecule has 0 saturated heterocycles. The van der Waals surface area contributed by atoms with Crippen molar-refractivity contribution in [2.24, 2.45) is 4.40 Å². The Morgan fingerprint density at radius 2 is 2.24 bits per heavy atom. The van der Waals surface area contributed by atoms with Gasteiger partial charge in [0, 0.05) is 12.3 Å². The third kappa shape index (κ3) is 2.87. The summed E-state index contributed by atoms with van der Waals surface area (Å²) in [4.78, 5) is 4.15. The minimum Gasteiger partial charge on any atom is -0.591 e. The molecular formula is C12H14N2O2S. The van der Waals surface area contributed by atoms with Crippen molar-refractivity contribution in [1.82, 2.24) is 4.98 Å². The van der Waals surface area contributed by atoms with Crippen molar-refractivity contribution in [3.8, 4) is 0 Å². The van der Waals surface area contributed by atoms with Crippen LogP contribution in [0.5, 0.6) is 0 Å². The molecule has 0 fully saturated rings. The molecule has 2 rings (SSSR count). The zero-order valence-electron chi connectivity index (χ0n) is 10.0. The fraction of sp³-hybridized carbons (Fsp3) is 0.333. The lowest BCUT2D eigenvalue weighted by atomic mass is 10.3.